The lowest BCUT2D eigenvalue weighted by molar-refractivity contribution is -0.141. The van der Waals surface area contributed by atoms with E-state index in [1.807, 2.05) is 0 Å². The monoisotopic (exact) mass is 269 g/mol. The summed E-state index contributed by atoms with van der Waals surface area (Å²) in [4.78, 5) is 24.0. The van der Waals surface area contributed by atoms with Crippen LogP contribution in [0.15, 0.2) is 18.2 Å². The largest absolute Gasteiger partial charge is 0.495 e. The van der Waals surface area contributed by atoms with E-state index >= 15 is 0 Å². The Labute approximate surface area is 109 Å². The highest BCUT2D eigenvalue weighted by molar-refractivity contribution is 6.32. The number of carboxylic acid groups (broad SMARTS) is 1. The SMILES string of the molecule is COc1ccc(N2C[C@@H](C(=O)O)CC2=O)cc1Cl. The van der Waals surface area contributed by atoms with Crippen LogP contribution >= 0.6 is 11.6 Å². The second-order valence-corrected chi connectivity index (χ2v) is 4.47. The number of benzene rings is 1. The minimum absolute atomic E-state index is 0.0268. The fraction of sp³-hybridized carbons (Fsp3) is 0.333. The minimum Gasteiger partial charge on any atom is -0.495 e. The molecule has 0 spiro atoms. The molecule has 6 heteroatoms. The average molecular weight is 270 g/mol. The molecular formula is C12H12ClNO4. The second-order valence-electron chi connectivity index (χ2n) is 4.06. The van der Waals surface area contributed by atoms with Crippen LogP contribution in [0.5, 0.6) is 5.75 Å². The molecule has 1 aliphatic rings. The van der Waals surface area contributed by atoms with Crippen LogP contribution < -0.4 is 9.64 Å². The molecule has 2 rings (SSSR count). The van der Waals surface area contributed by atoms with Gasteiger partial charge in [-0.25, -0.2) is 0 Å². The standard InChI is InChI=1S/C12H12ClNO4/c1-18-10-3-2-8(5-9(10)13)14-6-7(12(16)17)4-11(14)15/h2-3,5,7H,4,6H2,1H3,(H,16,17)/t7-/m0/s1. The number of nitrogens with zero attached hydrogens (tertiary/aromatic N) is 1. The van der Waals surface area contributed by atoms with E-state index in [1.54, 1.807) is 18.2 Å². The Morgan fingerprint density at radius 2 is 2.28 bits per heavy atom. The van der Waals surface area contributed by atoms with E-state index in [-0.39, 0.29) is 18.9 Å². The van der Waals surface area contributed by atoms with Gasteiger partial charge in [-0.15, -0.1) is 0 Å². The van der Waals surface area contributed by atoms with Crippen molar-refractivity contribution < 1.29 is 19.4 Å². The van der Waals surface area contributed by atoms with Gasteiger partial charge < -0.3 is 14.7 Å². The Bertz CT molecular complexity index is 503. The Balaban J connectivity index is 2.24. The third-order valence-electron chi connectivity index (χ3n) is 2.92. The van der Waals surface area contributed by atoms with E-state index in [0.717, 1.165) is 0 Å². The Kier molecular flexibility index (Phi) is 3.43. The number of rotatable bonds is 3. The number of halogens is 1. The van der Waals surface area contributed by atoms with Crippen LogP contribution in [0.3, 0.4) is 0 Å². The maximum absolute atomic E-state index is 11.7. The van der Waals surface area contributed by atoms with E-state index < -0.39 is 11.9 Å². The molecular weight excluding hydrogens is 258 g/mol. The van der Waals surface area contributed by atoms with Crippen molar-refractivity contribution in [1.29, 1.82) is 0 Å². The van der Waals surface area contributed by atoms with Crippen molar-refractivity contribution in [3.05, 3.63) is 23.2 Å². The first-order valence-electron chi connectivity index (χ1n) is 5.39. The molecule has 0 saturated carbocycles. The summed E-state index contributed by atoms with van der Waals surface area (Å²) in [6.07, 6.45) is 0.0268. The van der Waals surface area contributed by atoms with Crippen LogP contribution in [0.1, 0.15) is 6.42 Å². The number of methoxy groups -OCH3 is 1. The van der Waals surface area contributed by atoms with Crippen molar-refractivity contribution >= 4 is 29.2 Å². The summed E-state index contributed by atoms with van der Waals surface area (Å²) < 4.78 is 5.02. The van der Waals surface area contributed by atoms with Crippen LogP contribution in [0.4, 0.5) is 5.69 Å². The van der Waals surface area contributed by atoms with Gasteiger partial charge in [-0.3, -0.25) is 9.59 Å². The summed E-state index contributed by atoms with van der Waals surface area (Å²) in [5, 5.41) is 9.30. The quantitative estimate of drug-likeness (QED) is 0.908. The summed E-state index contributed by atoms with van der Waals surface area (Å²) in [7, 11) is 1.50. The number of aliphatic carboxylic acids is 1. The van der Waals surface area contributed by atoms with Gasteiger partial charge in [0.2, 0.25) is 5.91 Å². The minimum atomic E-state index is -0.953. The van der Waals surface area contributed by atoms with Crippen LogP contribution in [-0.2, 0) is 9.59 Å². The van der Waals surface area contributed by atoms with Crippen LogP contribution in [0, 0.1) is 5.92 Å². The van der Waals surface area contributed by atoms with Gasteiger partial charge in [-0.05, 0) is 18.2 Å². The number of carbonyl (C=O) groups is 2. The van der Waals surface area contributed by atoms with E-state index in [9.17, 15) is 9.59 Å². The zero-order valence-electron chi connectivity index (χ0n) is 9.72. The average Bonchev–Trinajstić information content (AvgIpc) is 2.71. The van der Waals surface area contributed by atoms with Gasteiger partial charge in [-0.1, -0.05) is 11.6 Å². The first kappa shape index (κ1) is 12.7. The van der Waals surface area contributed by atoms with Crippen molar-refractivity contribution in [2.24, 2.45) is 5.92 Å². The smallest absolute Gasteiger partial charge is 0.308 e. The van der Waals surface area contributed by atoms with Crippen LogP contribution in [0.25, 0.3) is 0 Å². The van der Waals surface area contributed by atoms with Gasteiger partial charge in [0.15, 0.2) is 0 Å². The van der Waals surface area contributed by atoms with Crippen molar-refractivity contribution in [1.82, 2.24) is 0 Å². The molecule has 96 valence electrons. The second kappa shape index (κ2) is 4.86. The number of carbonyl (C=O) groups excluding carboxylic acids is 1. The number of amides is 1. The van der Waals surface area contributed by atoms with Crippen molar-refractivity contribution in [2.75, 3.05) is 18.6 Å². The Morgan fingerprint density at radius 1 is 1.56 bits per heavy atom. The van der Waals surface area contributed by atoms with Gasteiger partial charge in [-0.2, -0.15) is 0 Å². The van der Waals surface area contributed by atoms with E-state index in [1.165, 1.54) is 12.0 Å². The van der Waals surface area contributed by atoms with Crippen LogP contribution in [-0.4, -0.2) is 30.6 Å². The number of carboxylic acids is 1. The number of hydrogen-bond donors (Lipinski definition) is 1. The fourth-order valence-electron chi connectivity index (χ4n) is 1.95. The number of anilines is 1. The van der Waals surface area contributed by atoms with Crippen LogP contribution in [0.2, 0.25) is 5.02 Å². The molecule has 1 fully saturated rings. The number of hydrogen-bond acceptors (Lipinski definition) is 3. The topological polar surface area (TPSA) is 66.8 Å². The lowest BCUT2D eigenvalue weighted by Gasteiger charge is -2.17. The molecule has 5 nitrogen and oxygen atoms in total. The van der Waals surface area contributed by atoms with Gasteiger partial charge >= 0.3 is 5.97 Å². The Hall–Kier alpha value is -1.75. The van der Waals surface area contributed by atoms with E-state index in [2.05, 4.69) is 0 Å². The maximum atomic E-state index is 11.7. The van der Waals surface area contributed by atoms with Gasteiger partial charge in [0.25, 0.3) is 0 Å². The molecule has 1 aromatic rings. The highest BCUT2D eigenvalue weighted by Gasteiger charge is 2.35. The third-order valence-corrected chi connectivity index (χ3v) is 3.22. The summed E-state index contributed by atoms with van der Waals surface area (Å²) in [5.41, 5.74) is 0.592. The molecule has 0 bridgehead atoms. The summed E-state index contributed by atoms with van der Waals surface area (Å²) in [6, 6.07) is 4.94. The lowest BCUT2D eigenvalue weighted by Crippen LogP contribution is -2.25. The zero-order valence-corrected chi connectivity index (χ0v) is 10.5. The van der Waals surface area contributed by atoms with Gasteiger partial charge in [0.05, 0.1) is 18.1 Å². The molecule has 1 atom stereocenters. The first-order valence-corrected chi connectivity index (χ1v) is 5.77. The summed E-state index contributed by atoms with van der Waals surface area (Å²) >= 11 is 5.98. The molecule has 0 aromatic heterocycles. The lowest BCUT2D eigenvalue weighted by atomic mass is 10.1. The molecule has 1 aliphatic heterocycles. The predicted molar refractivity (Wildman–Crippen MR) is 66.1 cm³/mol. The molecule has 1 amide bonds. The van der Waals surface area contributed by atoms with Gasteiger partial charge in [0.1, 0.15) is 5.75 Å². The van der Waals surface area contributed by atoms with E-state index in [0.29, 0.717) is 16.5 Å². The van der Waals surface area contributed by atoms with Crippen molar-refractivity contribution in [3.63, 3.8) is 0 Å². The maximum Gasteiger partial charge on any atom is 0.308 e. The molecule has 0 aliphatic carbocycles. The fourth-order valence-corrected chi connectivity index (χ4v) is 2.20. The molecule has 1 saturated heterocycles. The molecule has 1 N–H and O–H groups in total. The van der Waals surface area contributed by atoms with Crippen molar-refractivity contribution in [2.45, 2.75) is 6.42 Å². The molecule has 0 radical (unpaired) electrons. The molecule has 1 heterocycles. The highest BCUT2D eigenvalue weighted by atomic mass is 35.5. The molecule has 18 heavy (non-hydrogen) atoms. The summed E-state index contributed by atoms with van der Waals surface area (Å²) in [5.74, 6) is -1.30. The molecule has 1 aromatic carbocycles. The normalized spacial score (nSPS) is 19.1. The predicted octanol–water partition coefficient (Wildman–Crippen LogP) is 1.79. The highest BCUT2D eigenvalue weighted by Crippen LogP contribution is 2.32. The number of ether oxygens (including phenoxy) is 1. The molecule has 0 unspecified atom stereocenters. The van der Waals surface area contributed by atoms with Crippen molar-refractivity contribution in [3.8, 4) is 5.75 Å². The third kappa shape index (κ3) is 2.26. The zero-order chi connectivity index (χ0) is 13.3. The van der Waals surface area contributed by atoms with E-state index in [4.69, 9.17) is 21.4 Å². The Morgan fingerprint density at radius 3 is 2.78 bits per heavy atom. The van der Waals surface area contributed by atoms with Gasteiger partial charge in [0, 0.05) is 18.7 Å². The first-order chi connectivity index (χ1) is 8.52. The summed E-state index contributed by atoms with van der Waals surface area (Å²) in [6.45, 7) is 0.177.